The van der Waals surface area contributed by atoms with Crippen LogP contribution in [0.3, 0.4) is 0 Å². The monoisotopic (exact) mass is 596 g/mol. The summed E-state index contributed by atoms with van der Waals surface area (Å²) in [5.41, 5.74) is 0.307. The van der Waals surface area contributed by atoms with E-state index in [0.29, 0.717) is 29.5 Å². The minimum Gasteiger partial charge on any atom is -0.496 e. The van der Waals surface area contributed by atoms with Gasteiger partial charge in [-0.25, -0.2) is 4.79 Å². The number of amides is 1. The first-order chi connectivity index (χ1) is 18.3. The van der Waals surface area contributed by atoms with Gasteiger partial charge >= 0.3 is 5.69 Å². The molecule has 1 N–H and O–H groups in total. The van der Waals surface area contributed by atoms with Crippen LogP contribution >= 0.6 is 15.9 Å². The number of H-pyrrole nitrogens is 1. The van der Waals surface area contributed by atoms with Crippen molar-refractivity contribution in [3.05, 3.63) is 72.5 Å². The summed E-state index contributed by atoms with van der Waals surface area (Å²) < 4.78 is 13.3. The van der Waals surface area contributed by atoms with Crippen molar-refractivity contribution in [2.45, 2.75) is 59.9 Å². The van der Waals surface area contributed by atoms with E-state index in [1.807, 2.05) is 19.9 Å². The molecule has 1 aliphatic carbocycles. The summed E-state index contributed by atoms with van der Waals surface area (Å²) in [6.45, 7) is 10.9. The van der Waals surface area contributed by atoms with Crippen LogP contribution in [0.5, 0.6) is 17.2 Å². The van der Waals surface area contributed by atoms with Crippen molar-refractivity contribution in [2.24, 2.45) is 10.8 Å². The maximum Gasteiger partial charge on any atom is 0.349 e. The second-order valence-electron chi connectivity index (χ2n) is 12.0. The Balaban J connectivity index is 1.47. The highest BCUT2D eigenvalue weighted by molar-refractivity contribution is 9.10. The van der Waals surface area contributed by atoms with E-state index in [0.717, 1.165) is 39.5 Å². The molecule has 3 aromatic rings. The first-order valence-corrected chi connectivity index (χ1v) is 13.8. The molecule has 1 aromatic heterocycles. The molecule has 0 spiro atoms. The standard InChI is InChI=1S/C29H33BrN4O5/c1-16-9-18(10-17(2)24(16)39-20-7-8-22(38-6)21(30)11-20)34-27(37)31-25(35)23(32-34)26(36)33-15-29(5)13-19(33)12-28(3,4)14-29/h7-11,19H,12-15H2,1-6H3,(H,31,35,37). The molecule has 1 saturated heterocycles. The minimum atomic E-state index is -0.773. The number of methoxy groups -OCH3 is 1. The van der Waals surface area contributed by atoms with Crippen LogP contribution < -0.4 is 20.7 Å². The number of rotatable bonds is 5. The molecule has 2 aliphatic rings. The van der Waals surface area contributed by atoms with Gasteiger partial charge in [-0.15, -0.1) is 0 Å². The maximum absolute atomic E-state index is 13.6. The van der Waals surface area contributed by atoms with E-state index in [4.69, 9.17) is 9.47 Å². The number of aromatic amines is 1. The number of aryl methyl sites for hydroxylation is 2. The molecule has 39 heavy (non-hydrogen) atoms. The molecule has 2 unspecified atom stereocenters. The lowest BCUT2D eigenvalue weighted by atomic mass is 9.65. The molecule has 206 valence electrons. The Hall–Kier alpha value is -3.40. The molecule has 5 rings (SSSR count). The maximum atomic E-state index is 13.6. The molecule has 2 atom stereocenters. The molecule has 0 radical (unpaired) electrons. The summed E-state index contributed by atoms with van der Waals surface area (Å²) in [4.78, 5) is 43.3. The fourth-order valence-electron chi connectivity index (χ4n) is 6.59. The van der Waals surface area contributed by atoms with E-state index >= 15 is 0 Å². The molecular weight excluding hydrogens is 564 g/mol. The quantitative estimate of drug-likeness (QED) is 0.437. The zero-order valence-corrected chi connectivity index (χ0v) is 24.6. The van der Waals surface area contributed by atoms with Gasteiger partial charge in [0, 0.05) is 12.6 Å². The number of hydrogen-bond acceptors (Lipinski definition) is 6. The topological polar surface area (TPSA) is 107 Å². The van der Waals surface area contributed by atoms with Crippen molar-refractivity contribution in [1.82, 2.24) is 19.7 Å². The summed E-state index contributed by atoms with van der Waals surface area (Å²) in [7, 11) is 1.59. The number of halogens is 1. The number of ether oxygens (including phenoxy) is 2. The van der Waals surface area contributed by atoms with Crippen molar-refractivity contribution >= 4 is 21.8 Å². The van der Waals surface area contributed by atoms with Crippen molar-refractivity contribution in [2.75, 3.05) is 13.7 Å². The summed E-state index contributed by atoms with van der Waals surface area (Å²) in [5.74, 6) is 1.50. The largest absolute Gasteiger partial charge is 0.496 e. The first-order valence-electron chi connectivity index (χ1n) is 13.0. The predicted molar refractivity (Wildman–Crippen MR) is 151 cm³/mol. The highest BCUT2D eigenvalue weighted by Crippen LogP contribution is 2.52. The Bertz CT molecular complexity index is 1570. The smallest absolute Gasteiger partial charge is 0.349 e. The number of hydrogen-bond donors (Lipinski definition) is 1. The molecule has 1 amide bonds. The van der Waals surface area contributed by atoms with E-state index in [9.17, 15) is 14.4 Å². The van der Waals surface area contributed by atoms with E-state index in [2.05, 4.69) is 46.8 Å². The lowest BCUT2D eigenvalue weighted by molar-refractivity contribution is 0.0698. The fraction of sp³-hybridized carbons (Fsp3) is 0.448. The summed E-state index contributed by atoms with van der Waals surface area (Å²) >= 11 is 3.47. The molecule has 2 heterocycles. The molecule has 2 fully saturated rings. The van der Waals surface area contributed by atoms with E-state index in [1.54, 1.807) is 36.3 Å². The Morgan fingerprint density at radius 1 is 1.10 bits per heavy atom. The van der Waals surface area contributed by atoms with Gasteiger partial charge in [0.05, 0.1) is 17.3 Å². The van der Waals surface area contributed by atoms with Gasteiger partial charge in [-0.3, -0.25) is 14.6 Å². The summed E-state index contributed by atoms with van der Waals surface area (Å²) in [6, 6.07) is 8.95. The number of likely N-dealkylation sites (tertiary alicyclic amines) is 1. The number of aromatic nitrogens is 3. The van der Waals surface area contributed by atoms with E-state index in [1.165, 1.54) is 0 Å². The third-order valence-corrected chi connectivity index (χ3v) is 8.36. The fourth-order valence-corrected chi connectivity index (χ4v) is 7.11. The number of carbonyl (C=O) groups excluding carboxylic acids is 1. The highest BCUT2D eigenvalue weighted by Gasteiger charge is 2.51. The normalized spacial score (nSPS) is 21.6. The second kappa shape index (κ2) is 9.66. The number of benzene rings is 2. The van der Waals surface area contributed by atoms with Crippen LogP contribution in [0.4, 0.5) is 0 Å². The van der Waals surface area contributed by atoms with Crippen molar-refractivity contribution < 1.29 is 14.3 Å². The van der Waals surface area contributed by atoms with E-state index in [-0.39, 0.29) is 22.6 Å². The molecule has 10 heteroatoms. The zero-order chi connectivity index (χ0) is 28.3. The Morgan fingerprint density at radius 3 is 2.44 bits per heavy atom. The van der Waals surface area contributed by atoms with Gasteiger partial charge in [-0.1, -0.05) is 20.8 Å². The first kappa shape index (κ1) is 27.2. The van der Waals surface area contributed by atoms with Crippen molar-refractivity contribution in [1.29, 1.82) is 0 Å². The van der Waals surface area contributed by atoms with Crippen LogP contribution in [0.15, 0.2) is 44.4 Å². The Labute approximate surface area is 235 Å². The second-order valence-corrected chi connectivity index (χ2v) is 12.8. The zero-order valence-electron chi connectivity index (χ0n) is 23.1. The van der Waals surface area contributed by atoms with Crippen molar-refractivity contribution in [3.8, 4) is 22.9 Å². The molecular formula is C29H33BrN4O5. The lowest BCUT2D eigenvalue weighted by Crippen LogP contribution is -2.43. The van der Waals surface area contributed by atoms with Crippen molar-refractivity contribution in [3.63, 3.8) is 0 Å². The molecule has 2 bridgehead atoms. The highest BCUT2D eigenvalue weighted by atomic mass is 79.9. The molecule has 1 saturated carbocycles. The van der Waals surface area contributed by atoms with Crippen LogP contribution in [-0.2, 0) is 0 Å². The molecule has 2 aromatic carbocycles. The van der Waals surface area contributed by atoms with E-state index < -0.39 is 17.2 Å². The average Bonchev–Trinajstić information content (AvgIpc) is 3.09. The molecule has 9 nitrogen and oxygen atoms in total. The number of nitrogens with zero attached hydrogens (tertiary/aromatic N) is 3. The van der Waals surface area contributed by atoms with Gasteiger partial charge in [0.15, 0.2) is 0 Å². The van der Waals surface area contributed by atoms with Gasteiger partial charge in [0.2, 0.25) is 5.69 Å². The Morgan fingerprint density at radius 2 is 1.79 bits per heavy atom. The lowest BCUT2D eigenvalue weighted by Gasteiger charge is -2.39. The van der Waals surface area contributed by atoms with Crippen LogP contribution in [0.1, 0.15) is 61.6 Å². The third kappa shape index (κ3) is 5.14. The summed E-state index contributed by atoms with van der Waals surface area (Å²) in [6.07, 6.45) is 2.80. The van der Waals surface area contributed by atoms with Gasteiger partial charge in [-0.05, 0) is 101 Å². The molecule has 1 aliphatic heterocycles. The number of fused-ring (bicyclic) bond motifs is 2. The number of carbonyl (C=O) groups is 1. The third-order valence-electron chi connectivity index (χ3n) is 7.74. The van der Waals surface area contributed by atoms with Gasteiger partial charge in [0.25, 0.3) is 11.5 Å². The van der Waals surface area contributed by atoms with Crippen LogP contribution in [0.2, 0.25) is 0 Å². The van der Waals surface area contributed by atoms with Gasteiger partial charge in [0.1, 0.15) is 17.2 Å². The van der Waals surface area contributed by atoms with Crippen LogP contribution in [0.25, 0.3) is 5.69 Å². The van der Waals surface area contributed by atoms with Gasteiger partial charge < -0.3 is 14.4 Å². The Kier molecular flexibility index (Phi) is 6.73. The minimum absolute atomic E-state index is 0.00676. The SMILES string of the molecule is COc1ccc(Oc2c(C)cc(-n3nc(C(=O)N4CC5(C)CC4CC(C)(C)C5)c(=O)[nH]c3=O)cc2C)cc1Br. The summed E-state index contributed by atoms with van der Waals surface area (Å²) in [5, 5.41) is 4.29. The van der Waals surface area contributed by atoms with Gasteiger partial charge in [-0.2, -0.15) is 9.78 Å². The average molecular weight is 598 g/mol. The number of nitrogens with one attached hydrogen (secondary N) is 1. The predicted octanol–water partition coefficient (Wildman–Crippen LogP) is 5.14. The van der Waals surface area contributed by atoms with Crippen LogP contribution in [-0.4, -0.2) is 45.3 Å². The van der Waals surface area contributed by atoms with Crippen LogP contribution in [0, 0.1) is 24.7 Å².